The molecule has 11 heteroatoms. The van der Waals surface area contributed by atoms with Crippen LogP contribution in [-0.2, 0) is 6.42 Å². The molecule has 10 nitrogen and oxygen atoms in total. The number of aromatic amines is 1. The minimum Gasteiger partial charge on any atom is -0.411 e. The van der Waals surface area contributed by atoms with Crippen molar-refractivity contribution in [2.45, 2.75) is 19.4 Å². The van der Waals surface area contributed by atoms with Crippen LogP contribution in [0.25, 0.3) is 17.1 Å². The van der Waals surface area contributed by atoms with Gasteiger partial charge in [0.05, 0.1) is 23.2 Å². The summed E-state index contributed by atoms with van der Waals surface area (Å²) in [6.07, 6.45) is 3.95. The van der Waals surface area contributed by atoms with Crippen LogP contribution in [0.15, 0.2) is 53.3 Å². The first kappa shape index (κ1) is 20.0. The van der Waals surface area contributed by atoms with Crippen molar-refractivity contribution >= 4 is 34.0 Å². The quantitative estimate of drug-likeness (QED) is 0.270. The average Bonchev–Trinajstić information content (AvgIpc) is 3.57. The second-order valence-corrected chi connectivity index (χ2v) is 8.86. The highest BCUT2D eigenvalue weighted by molar-refractivity contribution is 14.1. The second kappa shape index (κ2) is 7.76. The molecule has 0 bridgehead atoms. The van der Waals surface area contributed by atoms with Gasteiger partial charge < -0.3 is 14.3 Å². The minimum absolute atomic E-state index is 0.0858. The number of pyridine rings is 2. The fraction of sp³-hybridized carbons (Fsp3) is 0.182. The van der Waals surface area contributed by atoms with Crippen molar-refractivity contribution < 1.29 is 9.21 Å². The summed E-state index contributed by atoms with van der Waals surface area (Å²) in [6.45, 7) is 2.36. The normalized spacial score (nSPS) is 15.7. The van der Waals surface area contributed by atoms with Crippen molar-refractivity contribution in [3.8, 4) is 11.6 Å². The number of rotatable bonds is 3. The van der Waals surface area contributed by atoms with E-state index in [0.29, 0.717) is 18.7 Å². The third-order valence-electron chi connectivity index (χ3n) is 5.74. The predicted molar refractivity (Wildman–Crippen MR) is 125 cm³/mol. The summed E-state index contributed by atoms with van der Waals surface area (Å²) in [5.74, 6) is -0.238. The molecule has 1 amide bonds. The molecule has 0 spiro atoms. The molecule has 0 aliphatic carbocycles. The van der Waals surface area contributed by atoms with Crippen LogP contribution in [0.5, 0.6) is 0 Å². The van der Waals surface area contributed by atoms with Crippen LogP contribution >= 0.6 is 22.6 Å². The summed E-state index contributed by atoms with van der Waals surface area (Å²) in [6, 6.07) is 11.2. The van der Waals surface area contributed by atoms with Gasteiger partial charge in [-0.25, -0.2) is 9.50 Å². The summed E-state index contributed by atoms with van der Waals surface area (Å²) >= 11 is 2.24. The topological polar surface area (TPSA) is 118 Å². The van der Waals surface area contributed by atoms with Crippen LogP contribution in [0.4, 0.5) is 0 Å². The summed E-state index contributed by atoms with van der Waals surface area (Å²) in [5.41, 5.74) is 4.87. The number of hydrogen-bond donors (Lipinski definition) is 1. The highest BCUT2D eigenvalue weighted by Crippen LogP contribution is 2.34. The van der Waals surface area contributed by atoms with Gasteiger partial charge in [0.2, 0.25) is 0 Å². The molecule has 164 valence electrons. The van der Waals surface area contributed by atoms with Crippen LogP contribution in [0.3, 0.4) is 0 Å². The Bertz CT molecular complexity index is 1500. The summed E-state index contributed by atoms with van der Waals surface area (Å²) in [4.78, 5) is 27.3. The SMILES string of the molecule is Cc1cccnc1-c1nnc(C(=O)N2CCc3[nH]cnc3[C@H]2c2cc3cccc(I)n3n2)o1. The van der Waals surface area contributed by atoms with Crippen LogP contribution in [-0.4, -0.2) is 52.1 Å². The van der Waals surface area contributed by atoms with Crippen molar-refractivity contribution in [2.24, 2.45) is 0 Å². The van der Waals surface area contributed by atoms with Crippen molar-refractivity contribution in [3.63, 3.8) is 0 Å². The third-order valence-corrected chi connectivity index (χ3v) is 6.56. The lowest BCUT2D eigenvalue weighted by atomic mass is 9.99. The number of H-pyrrole nitrogens is 1. The first-order chi connectivity index (χ1) is 16.1. The molecule has 6 rings (SSSR count). The number of aromatic nitrogens is 7. The molecule has 1 aliphatic rings. The molecule has 6 heterocycles. The van der Waals surface area contributed by atoms with Gasteiger partial charge >= 0.3 is 11.8 Å². The molecule has 5 aromatic rings. The van der Waals surface area contributed by atoms with Gasteiger partial charge in [0.15, 0.2) is 0 Å². The standard InChI is InChI=1S/C22H17IN8O2/c1-12-4-3-8-24-17(12)20-27-28-21(33-20)22(32)30-9-7-14-18(26-11-25-14)19(30)15-10-13-5-2-6-16(23)31(13)29-15/h2-6,8,10-11,19H,7,9H2,1H3,(H,25,26)/t19-/m1/s1. The molecular formula is C22H17IN8O2. The van der Waals surface area contributed by atoms with Crippen molar-refractivity contribution in [1.29, 1.82) is 0 Å². The Morgan fingerprint density at radius 1 is 1.21 bits per heavy atom. The molecule has 5 aromatic heterocycles. The largest absolute Gasteiger partial charge is 0.411 e. The van der Waals surface area contributed by atoms with E-state index in [2.05, 4.69) is 47.7 Å². The van der Waals surface area contributed by atoms with Gasteiger partial charge in [-0.1, -0.05) is 12.1 Å². The van der Waals surface area contributed by atoms with Crippen molar-refractivity contribution in [1.82, 2.24) is 39.7 Å². The van der Waals surface area contributed by atoms with Crippen LogP contribution in [0.1, 0.15) is 39.4 Å². The summed E-state index contributed by atoms with van der Waals surface area (Å²) in [7, 11) is 0. The first-order valence-electron chi connectivity index (χ1n) is 10.3. The molecule has 1 atom stereocenters. The zero-order chi connectivity index (χ0) is 22.5. The lowest BCUT2D eigenvalue weighted by Gasteiger charge is -2.32. The Hall–Kier alpha value is -3.61. The summed E-state index contributed by atoms with van der Waals surface area (Å²) in [5, 5.41) is 12.9. The molecule has 0 fully saturated rings. The van der Waals surface area contributed by atoms with Gasteiger partial charge in [0.1, 0.15) is 15.4 Å². The van der Waals surface area contributed by atoms with E-state index in [1.54, 1.807) is 17.4 Å². The number of imidazole rings is 1. The number of carbonyl (C=O) groups is 1. The fourth-order valence-corrected chi connectivity index (χ4v) is 4.76. The Morgan fingerprint density at radius 3 is 2.97 bits per heavy atom. The number of carbonyl (C=O) groups excluding carboxylic acids is 1. The van der Waals surface area contributed by atoms with Gasteiger partial charge in [-0.2, -0.15) is 5.10 Å². The van der Waals surface area contributed by atoms with E-state index in [1.165, 1.54) is 0 Å². The highest BCUT2D eigenvalue weighted by atomic mass is 127. The number of nitrogens with one attached hydrogen (secondary N) is 1. The highest BCUT2D eigenvalue weighted by Gasteiger charge is 2.38. The van der Waals surface area contributed by atoms with E-state index in [4.69, 9.17) is 9.52 Å². The Morgan fingerprint density at radius 2 is 2.12 bits per heavy atom. The molecular weight excluding hydrogens is 535 g/mol. The maximum Gasteiger partial charge on any atom is 0.312 e. The fourth-order valence-electron chi connectivity index (χ4n) is 4.17. The average molecular weight is 552 g/mol. The van der Waals surface area contributed by atoms with Gasteiger partial charge in [-0.05, 0) is 59.3 Å². The number of hydrogen-bond acceptors (Lipinski definition) is 7. The lowest BCUT2D eigenvalue weighted by Crippen LogP contribution is -2.41. The van der Waals surface area contributed by atoms with Crippen molar-refractivity contribution in [3.05, 3.63) is 81.2 Å². The molecule has 0 unspecified atom stereocenters. The minimum atomic E-state index is -0.477. The van der Waals surface area contributed by atoms with Gasteiger partial charge in [-0.15, -0.1) is 10.2 Å². The number of amides is 1. The maximum absolute atomic E-state index is 13.6. The number of nitrogens with zero attached hydrogens (tertiary/aromatic N) is 7. The van der Waals surface area contributed by atoms with E-state index in [0.717, 1.165) is 31.9 Å². The number of aryl methyl sites for hydroxylation is 1. The Kier molecular flexibility index (Phi) is 4.71. The van der Waals surface area contributed by atoms with Crippen LogP contribution in [0.2, 0.25) is 0 Å². The van der Waals surface area contributed by atoms with Gasteiger partial charge in [-0.3, -0.25) is 9.78 Å². The van der Waals surface area contributed by atoms with E-state index < -0.39 is 6.04 Å². The number of halogens is 1. The molecule has 0 aromatic carbocycles. The zero-order valence-electron chi connectivity index (χ0n) is 17.4. The third kappa shape index (κ3) is 3.30. The molecule has 0 radical (unpaired) electrons. The van der Waals surface area contributed by atoms with Gasteiger partial charge in [0, 0.05) is 24.9 Å². The van der Waals surface area contributed by atoms with E-state index in [-0.39, 0.29) is 17.7 Å². The Labute approximate surface area is 201 Å². The van der Waals surface area contributed by atoms with E-state index in [9.17, 15) is 4.79 Å². The first-order valence-corrected chi connectivity index (χ1v) is 11.4. The van der Waals surface area contributed by atoms with E-state index in [1.807, 2.05) is 47.8 Å². The smallest absolute Gasteiger partial charge is 0.312 e. The van der Waals surface area contributed by atoms with Gasteiger partial charge in [0.25, 0.3) is 5.89 Å². The lowest BCUT2D eigenvalue weighted by molar-refractivity contribution is 0.0646. The molecule has 0 saturated heterocycles. The number of fused-ring (bicyclic) bond motifs is 2. The Balaban J connectivity index is 1.41. The predicted octanol–water partition coefficient (Wildman–Crippen LogP) is 3.20. The molecule has 33 heavy (non-hydrogen) atoms. The summed E-state index contributed by atoms with van der Waals surface area (Å²) < 4.78 is 8.59. The molecule has 1 N–H and O–H groups in total. The second-order valence-electron chi connectivity index (χ2n) is 7.75. The van der Waals surface area contributed by atoms with Crippen LogP contribution in [0, 0.1) is 10.6 Å². The zero-order valence-corrected chi connectivity index (χ0v) is 19.6. The maximum atomic E-state index is 13.6. The molecule has 0 saturated carbocycles. The van der Waals surface area contributed by atoms with E-state index >= 15 is 0 Å². The molecule has 1 aliphatic heterocycles. The van der Waals surface area contributed by atoms with Crippen LogP contribution < -0.4 is 0 Å². The monoisotopic (exact) mass is 552 g/mol. The van der Waals surface area contributed by atoms with Crippen molar-refractivity contribution in [2.75, 3.05) is 6.54 Å².